The van der Waals surface area contributed by atoms with Crippen molar-refractivity contribution in [3.8, 4) is 56.4 Å². The van der Waals surface area contributed by atoms with Crippen LogP contribution in [0.25, 0.3) is 110 Å². The minimum Gasteiger partial charge on any atom is -0.208 e. The molecule has 0 aliphatic heterocycles. The lowest BCUT2D eigenvalue weighted by Crippen LogP contribution is -2.14. The van der Waals surface area contributed by atoms with Crippen LogP contribution in [0.1, 0.15) is 25.0 Å². The van der Waals surface area contributed by atoms with E-state index >= 15 is 0 Å². The van der Waals surface area contributed by atoms with Gasteiger partial charge in [0.25, 0.3) is 0 Å². The summed E-state index contributed by atoms with van der Waals surface area (Å²) in [6.45, 7) is 4.66. The zero-order valence-electron chi connectivity index (χ0n) is 32.7. The fourth-order valence-electron chi connectivity index (χ4n) is 9.67. The summed E-state index contributed by atoms with van der Waals surface area (Å²) >= 11 is 0. The van der Waals surface area contributed by atoms with Crippen molar-refractivity contribution in [3.05, 3.63) is 199 Å². The summed E-state index contributed by atoms with van der Waals surface area (Å²) in [6, 6.07) is 68.0. The Kier molecular flexibility index (Phi) is 7.27. The van der Waals surface area contributed by atoms with Crippen LogP contribution < -0.4 is 0 Å². The first kappa shape index (κ1) is 33.6. The van der Waals surface area contributed by atoms with E-state index in [9.17, 15) is 0 Å². The molecule has 59 heavy (non-hydrogen) atoms. The Balaban J connectivity index is 1.13. The van der Waals surface area contributed by atoms with Gasteiger partial charge in [-0.3, -0.25) is 0 Å². The van der Waals surface area contributed by atoms with Crippen LogP contribution in [0.2, 0.25) is 0 Å². The standard InChI is InChI=1S/C56H37N3/c1-56(2)50-18-10-9-17-46(50)49-31-39(28-30-51(49)56)45-29-27-36-13-5-8-16-44(36)52(45)55-58-53(40-25-23-37-21-19-34-11-3-6-14-42(34)47(37)32-40)57-54(59-55)41-26-24-38-22-20-35-12-4-7-15-43(35)48(38)33-41/h3-33H,1-2H3. The highest BCUT2D eigenvalue weighted by molar-refractivity contribution is 6.10. The topological polar surface area (TPSA) is 38.7 Å². The molecule has 1 aliphatic carbocycles. The molecule has 0 saturated heterocycles. The van der Waals surface area contributed by atoms with Gasteiger partial charge in [0.1, 0.15) is 0 Å². The molecule has 3 heteroatoms. The number of benzene rings is 10. The molecular formula is C56H37N3. The van der Waals surface area contributed by atoms with Gasteiger partial charge in [-0.15, -0.1) is 0 Å². The van der Waals surface area contributed by atoms with E-state index in [-0.39, 0.29) is 5.41 Å². The highest BCUT2D eigenvalue weighted by Gasteiger charge is 2.35. The second-order valence-electron chi connectivity index (χ2n) is 16.4. The van der Waals surface area contributed by atoms with Gasteiger partial charge < -0.3 is 0 Å². The minimum atomic E-state index is -0.0783. The van der Waals surface area contributed by atoms with E-state index in [1.807, 2.05) is 0 Å². The summed E-state index contributed by atoms with van der Waals surface area (Å²) < 4.78 is 0. The molecule has 0 N–H and O–H groups in total. The summed E-state index contributed by atoms with van der Waals surface area (Å²) in [7, 11) is 0. The molecule has 0 amide bonds. The van der Waals surface area contributed by atoms with Crippen LogP contribution in [0.15, 0.2) is 188 Å². The van der Waals surface area contributed by atoms with Gasteiger partial charge in [0, 0.05) is 22.1 Å². The van der Waals surface area contributed by atoms with E-state index in [4.69, 9.17) is 15.0 Å². The van der Waals surface area contributed by atoms with Gasteiger partial charge in [0.2, 0.25) is 0 Å². The predicted molar refractivity (Wildman–Crippen MR) is 247 cm³/mol. The summed E-state index contributed by atoms with van der Waals surface area (Å²) in [5, 5.41) is 11.8. The minimum absolute atomic E-state index is 0.0783. The van der Waals surface area contributed by atoms with E-state index in [0.29, 0.717) is 17.5 Å². The van der Waals surface area contributed by atoms with Crippen molar-refractivity contribution in [1.82, 2.24) is 15.0 Å². The highest BCUT2D eigenvalue weighted by Crippen LogP contribution is 2.50. The Morgan fingerprint density at radius 2 is 0.746 bits per heavy atom. The first-order valence-electron chi connectivity index (χ1n) is 20.3. The zero-order chi connectivity index (χ0) is 39.2. The lowest BCUT2D eigenvalue weighted by molar-refractivity contribution is 0.660. The molecular weight excluding hydrogens is 715 g/mol. The maximum absolute atomic E-state index is 5.44. The van der Waals surface area contributed by atoms with Crippen molar-refractivity contribution >= 4 is 53.9 Å². The number of aromatic nitrogens is 3. The van der Waals surface area contributed by atoms with Gasteiger partial charge in [-0.2, -0.15) is 0 Å². The molecule has 0 spiro atoms. The zero-order valence-corrected chi connectivity index (χ0v) is 32.7. The lowest BCUT2D eigenvalue weighted by atomic mass is 9.82. The molecule has 1 heterocycles. The van der Waals surface area contributed by atoms with Crippen LogP contribution in [-0.4, -0.2) is 15.0 Å². The Hall–Kier alpha value is -7.49. The smallest absolute Gasteiger partial charge is 0.165 e. The van der Waals surface area contributed by atoms with Crippen molar-refractivity contribution in [2.24, 2.45) is 0 Å². The average Bonchev–Trinajstić information content (AvgIpc) is 3.53. The maximum Gasteiger partial charge on any atom is 0.165 e. The third kappa shape index (κ3) is 5.25. The fraction of sp³-hybridized carbons (Fsp3) is 0.0536. The number of rotatable bonds is 4. The first-order valence-corrected chi connectivity index (χ1v) is 20.3. The first-order chi connectivity index (χ1) is 29.0. The average molecular weight is 752 g/mol. The van der Waals surface area contributed by atoms with Crippen LogP contribution in [0.3, 0.4) is 0 Å². The summed E-state index contributed by atoms with van der Waals surface area (Å²) in [5.41, 5.74) is 10.3. The molecule has 0 radical (unpaired) electrons. The van der Waals surface area contributed by atoms with Gasteiger partial charge in [0.15, 0.2) is 17.5 Å². The van der Waals surface area contributed by atoms with Gasteiger partial charge in [-0.1, -0.05) is 184 Å². The molecule has 10 aromatic carbocycles. The Bertz CT molecular complexity index is 3410. The largest absolute Gasteiger partial charge is 0.208 e. The van der Waals surface area contributed by atoms with Crippen molar-refractivity contribution in [3.63, 3.8) is 0 Å². The van der Waals surface area contributed by atoms with Crippen molar-refractivity contribution < 1.29 is 0 Å². The van der Waals surface area contributed by atoms with Gasteiger partial charge >= 0.3 is 0 Å². The highest BCUT2D eigenvalue weighted by atomic mass is 15.0. The summed E-state index contributed by atoms with van der Waals surface area (Å²) in [4.78, 5) is 16.2. The van der Waals surface area contributed by atoms with Gasteiger partial charge in [-0.05, 0) is 105 Å². The molecule has 1 aromatic heterocycles. The third-order valence-electron chi connectivity index (χ3n) is 12.7. The Morgan fingerprint density at radius 1 is 0.305 bits per heavy atom. The maximum atomic E-state index is 5.44. The van der Waals surface area contributed by atoms with E-state index in [1.165, 1.54) is 65.3 Å². The molecule has 1 aliphatic rings. The molecule has 276 valence electrons. The second kappa shape index (κ2) is 12.8. The molecule has 0 fully saturated rings. The quantitative estimate of drug-likeness (QED) is 0.168. The summed E-state index contributed by atoms with van der Waals surface area (Å²) in [6.07, 6.45) is 0. The molecule has 0 unspecified atom stereocenters. The Labute approximate surface area is 342 Å². The second-order valence-corrected chi connectivity index (χ2v) is 16.4. The lowest BCUT2D eigenvalue weighted by Gasteiger charge is -2.21. The normalized spacial score (nSPS) is 13.1. The third-order valence-corrected chi connectivity index (χ3v) is 12.7. The van der Waals surface area contributed by atoms with E-state index in [1.54, 1.807) is 0 Å². The molecule has 0 saturated carbocycles. The number of hydrogen-bond acceptors (Lipinski definition) is 3. The van der Waals surface area contributed by atoms with Gasteiger partial charge in [-0.25, -0.2) is 15.0 Å². The monoisotopic (exact) mass is 751 g/mol. The van der Waals surface area contributed by atoms with Crippen LogP contribution in [-0.2, 0) is 5.41 Å². The SMILES string of the molecule is CC1(C)c2ccccc2-c2cc(-c3ccc4ccccc4c3-c3nc(-c4ccc5ccc6ccccc6c5c4)nc(-c4ccc5ccc6ccccc6c5c4)n3)ccc21. The van der Waals surface area contributed by atoms with E-state index in [2.05, 4.69) is 202 Å². The Morgan fingerprint density at radius 3 is 1.37 bits per heavy atom. The van der Waals surface area contributed by atoms with E-state index in [0.717, 1.165) is 38.6 Å². The molecule has 3 nitrogen and oxygen atoms in total. The fourth-order valence-corrected chi connectivity index (χ4v) is 9.67. The number of nitrogens with zero attached hydrogens (tertiary/aromatic N) is 3. The molecule has 0 atom stereocenters. The van der Waals surface area contributed by atoms with Gasteiger partial charge in [0.05, 0.1) is 0 Å². The van der Waals surface area contributed by atoms with Crippen molar-refractivity contribution in [2.75, 3.05) is 0 Å². The van der Waals surface area contributed by atoms with Crippen molar-refractivity contribution in [2.45, 2.75) is 19.3 Å². The van der Waals surface area contributed by atoms with Crippen LogP contribution in [0, 0.1) is 0 Å². The number of fused-ring (bicyclic) bond motifs is 10. The molecule has 0 bridgehead atoms. The van der Waals surface area contributed by atoms with E-state index < -0.39 is 0 Å². The molecule has 11 aromatic rings. The van der Waals surface area contributed by atoms with Crippen molar-refractivity contribution in [1.29, 1.82) is 0 Å². The van der Waals surface area contributed by atoms with Crippen LogP contribution in [0.5, 0.6) is 0 Å². The summed E-state index contributed by atoms with van der Waals surface area (Å²) in [5.74, 6) is 1.93. The predicted octanol–water partition coefficient (Wildman–Crippen LogP) is 14.6. The van der Waals surface area contributed by atoms with Crippen LogP contribution >= 0.6 is 0 Å². The van der Waals surface area contributed by atoms with Crippen LogP contribution in [0.4, 0.5) is 0 Å². The molecule has 12 rings (SSSR count). The number of hydrogen-bond donors (Lipinski definition) is 0.